The van der Waals surface area contributed by atoms with E-state index < -0.39 is 0 Å². The van der Waals surface area contributed by atoms with E-state index in [2.05, 4.69) is 33.2 Å². The van der Waals surface area contributed by atoms with Crippen LogP contribution in [0.5, 0.6) is 0 Å². The van der Waals surface area contributed by atoms with Crippen molar-refractivity contribution in [3.63, 3.8) is 0 Å². The van der Waals surface area contributed by atoms with E-state index >= 15 is 0 Å². The Labute approximate surface area is 93.0 Å². The monoisotopic (exact) mass is 258 g/mol. The van der Waals surface area contributed by atoms with Crippen LogP contribution in [0.15, 0.2) is 22.8 Å². The number of anilines is 1. The summed E-state index contributed by atoms with van der Waals surface area (Å²) in [6, 6.07) is 6.13. The van der Waals surface area contributed by atoms with Crippen LogP contribution in [0.2, 0.25) is 0 Å². The minimum absolute atomic E-state index is 0.321. The molecule has 1 aromatic heterocycles. The van der Waals surface area contributed by atoms with Crippen molar-refractivity contribution in [2.24, 2.45) is 0 Å². The molecule has 1 aromatic rings. The number of hydrogen-bond acceptors (Lipinski definition) is 3. The van der Waals surface area contributed by atoms with Gasteiger partial charge in [0.05, 0.1) is 12.6 Å². The minimum Gasteiger partial charge on any atom is -0.383 e. The van der Waals surface area contributed by atoms with Gasteiger partial charge in [0.25, 0.3) is 0 Å². The van der Waals surface area contributed by atoms with Crippen molar-refractivity contribution < 1.29 is 4.74 Å². The maximum atomic E-state index is 5.10. The smallest absolute Gasteiger partial charge is 0.127 e. The second kappa shape index (κ2) is 5.98. The standard InChI is InChI=1S/C10H15BrN2O/c1-3-8(7-14-2)12-10-6-4-5-9(11)13-10/h4-6,8H,3,7H2,1-2H3,(H,12,13). The molecule has 1 unspecified atom stereocenters. The maximum absolute atomic E-state index is 5.10. The predicted octanol–water partition coefficient (Wildman–Crippen LogP) is 2.68. The Hall–Kier alpha value is -0.610. The number of methoxy groups -OCH3 is 1. The van der Waals surface area contributed by atoms with Gasteiger partial charge in [-0.1, -0.05) is 13.0 Å². The molecule has 3 nitrogen and oxygen atoms in total. The van der Waals surface area contributed by atoms with Gasteiger partial charge in [-0.3, -0.25) is 0 Å². The fraction of sp³-hybridized carbons (Fsp3) is 0.500. The van der Waals surface area contributed by atoms with Crippen LogP contribution in [0.3, 0.4) is 0 Å². The van der Waals surface area contributed by atoms with Crippen molar-refractivity contribution in [2.45, 2.75) is 19.4 Å². The second-order valence-electron chi connectivity index (χ2n) is 3.05. The highest BCUT2D eigenvalue weighted by Crippen LogP contribution is 2.11. The van der Waals surface area contributed by atoms with Gasteiger partial charge < -0.3 is 10.1 Å². The van der Waals surface area contributed by atoms with Crippen molar-refractivity contribution in [3.8, 4) is 0 Å². The van der Waals surface area contributed by atoms with Gasteiger partial charge in [-0.25, -0.2) is 4.98 Å². The summed E-state index contributed by atoms with van der Waals surface area (Å²) in [5, 5.41) is 3.30. The minimum atomic E-state index is 0.321. The number of ether oxygens (including phenoxy) is 1. The summed E-state index contributed by atoms with van der Waals surface area (Å²) in [5.74, 6) is 0.878. The molecule has 0 aliphatic carbocycles. The zero-order valence-corrected chi connectivity index (χ0v) is 10.0. The summed E-state index contributed by atoms with van der Waals surface area (Å²) in [5.41, 5.74) is 0. The SMILES string of the molecule is CCC(COC)Nc1cccc(Br)n1. The molecule has 0 aliphatic rings. The van der Waals surface area contributed by atoms with E-state index in [0.717, 1.165) is 16.8 Å². The third kappa shape index (κ3) is 3.64. The molecule has 1 rings (SSSR count). The number of pyridine rings is 1. The molecule has 0 spiro atoms. The van der Waals surface area contributed by atoms with E-state index in [1.165, 1.54) is 0 Å². The molecular formula is C10H15BrN2O. The molecule has 78 valence electrons. The van der Waals surface area contributed by atoms with Crippen molar-refractivity contribution in [2.75, 3.05) is 19.0 Å². The molecule has 0 saturated carbocycles. The van der Waals surface area contributed by atoms with Gasteiger partial charge >= 0.3 is 0 Å². The van der Waals surface area contributed by atoms with Crippen LogP contribution < -0.4 is 5.32 Å². The molecule has 14 heavy (non-hydrogen) atoms. The Morgan fingerprint density at radius 1 is 1.57 bits per heavy atom. The lowest BCUT2D eigenvalue weighted by Gasteiger charge is -2.16. The molecule has 0 amide bonds. The topological polar surface area (TPSA) is 34.1 Å². The van der Waals surface area contributed by atoms with Gasteiger partial charge in [0.1, 0.15) is 10.4 Å². The van der Waals surface area contributed by atoms with Crippen molar-refractivity contribution in [1.82, 2.24) is 4.98 Å². The van der Waals surface area contributed by atoms with Gasteiger partial charge in [0.2, 0.25) is 0 Å². The summed E-state index contributed by atoms with van der Waals surface area (Å²) in [6.07, 6.45) is 1.02. The fourth-order valence-electron chi connectivity index (χ4n) is 1.16. The molecule has 1 N–H and O–H groups in total. The molecule has 0 fully saturated rings. The molecule has 4 heteroatoms. The lowest BCUT2D eigenvalue weighted by atomic mass is 10.2. The van der Waals surface area contributed by atoms with Crippen LogP contribution >= 0.6 is 15.9 Å². The van der Waals surface area contributed by atoms with E-state index in [9.17, 15) is 0 Å². The third-order valence-corrected chi connectivity index (χ3v) is 2.37. The summed E-state index contributed by atoms with van der Waals surface area (Å²) in [4.78, 5) is 4.29. The summed E-state index contributed by atoms with van der Waals surface area (Å²) in [6.45, 7) is 2.82. The Morgan fingerprint density at radius 3 is 2.93 bits per heavy atom. The molecular weight excluding hydrogens is 244 g/mol. The number of nitrogens with zero attached hydrogens (tertiary/aromatic N) is 1. The number of halogens is 1. The van der Waals surface area contributed by atoms with E-state index in [-0.39, 0.29) is 0 Å². The number of rotatable bonds is 5. The lowest BCUT2D eigenvalue weighted by molar-refractivity contribution is 0.184. The Bertz CT molecular complexity index is 281. The highest BCUT2D eigenvalue weighted by molar-refractivity contribution is 9.10. The van der Waals surface area contributed by atoms with Crippen LogP contribution in [0, 0.1) is 0 Å². The van der Waals surface area contributed by atoms with E-state index in [1.807, 2.05) is 18.2 Å². The number of aromatic nitrogens is 1. The lowest BCUT2D eigenvalue weighted by Crippen LogP contribution is -2.24. The van der Waals surface area contributed by atoms with E-state index in [0.29, 0.717) is 12.6 Å². The average Bonchev–Trinajstić information content (AvgIpc) is 2.17. The van der Waals surface area contributed by atoms with E-state index in [1.54, 1.807) is 7.11 Å². The largest absolute Gasteiger partial charge is 0.383 e. The second-order valence-corrected chi connectivity index (χ2v) is 3.86. The summed E-state index contributed by atoms with van der Waals surface area (Å²) >= 11 is 3.33. The Kier molecular flexibility index (Phi) is 4.90. The van der Waals surface area contributed by atoms with Crippen LogP contribution in [-0.2, 0) is 4.74 Å². The van der Waals surface area contributed by atoms with Crippen LogP contribution in [0.1, 0.15) is 13.3 Å². The van der Waals surface area contributed by atoms with E-state index in [4.69, 9.17) is 4.74 Å². The molecule has 0 bridgehead atoms. The summed E-state index contributed by atoms with van der Waals surface area (Å²) < 4.78 is 5.94. The molecule has 1 atom stereocenters. The number of nitrogens with one attached hydrogen (secondary N) is 1. The highest BCUT2D eigenvalue weighted by Gasteiger charge is 2.05. The van der Waals surface area contributed by atoms with Gasteiger partial charge in [0.15, 0.2) is 0 Å². The molecule has 0 aromatic carbocycles. The van der Waals surface area contributed by atoms with Crippen LogP contribution in [0.25, 0.3) is 0 Å². The van der Waals surface area contributed by atoms with Crippen molar-refractivity contribution in [1.29, 1.82) is 0 Å². The Morgan fingerprint density at radius 2 is 2.36 bits per heavy atom. The predicted molar refractivity (Wildman–Crippen MR) is 61.5 cm³/mol. The first-order valence-corrected chi connectivity index (χ1v) is 5.43. The normalized spacial score (nSPS) is 12.5. The summed E-state index contributed by atoms with van der Waals surface area (Å²) in [7, 11) is 1.71. The maximum Gasteiger partial charge on any atom is 0.127 e. The first-order valence-electron chi connectivity index (χ1n) is 4.64. The molecule has 1 heterocycles. The van der Waals surface area contributed by atoms with Gasteiger partial charge in [-0.15, -0.1) is 0 Å². The van der Waals surface area contributed by atoms with Gasteiger partial charge in [0, 0.05) is 7.11 Å². The van der Waals surface area contributed by atoms with Crippen molar-refractivity contribution >= 4 is 21.7 Å². The fourth-order valence-corrected chi connectivity index (χ4v) is 1.50. The first-order chi connectivity index (χ1) is 6.76. The molecule has 0 aliphatic heterocycles. The first kappa shape index (κ1) is 11.5. The highest BCUT2D eigenvalue weighted by atomic mass is 79.9. The third-order valence-electron chi connectivity index (χ3n) is 1.93. The quantitative estimate of drug-likeness (QED) is 0.825. The van der Waals surface area contributed by atoms with Crippen LogP contribution in [0.4, 0.5) is 5.82 Å². The van der Waals surface area contributed by atoms with Gasteiger partial charge in [-0.05, 0) is 34.5 Å². The zero-order valence-electron chi connectivity index (χ0n) is 8.46. The zero-order chi connectivity index (χ0) is 10.4. The van der Waals surface area contributed by atoms with Gasteiger partial charge in [-0.2, -0.15) is 0 Å². The molecule has 0 radical (unpaired) electrons. The Balaban J connectivity index is 2.57. The average molecular weight is 259 g/mol. The van der Waals surface area contributed by atoms with Crippen LogP contribution in [-0.4, -0.2) is 24.7 Å². The number of hydrogen-bond donors (Lipinski definition) is 1. The molecule has 0 saturated heterocycles. The van der Waals surface area contributed by atoms with Crippen molar-refractivity contribution in [3.05, 3.63) is 22.8 Å².